The van der Waals surface area contributed by atoms with Gasteiger partial charge in [-0.3, -0.25) is 0 Å². The van der Waals surface area contributed by atoms with E-state index >= 15 is 0 Å². The van der Waals surface area contributed by atoms with Gasteiger partial charge in [0, 0.05) is 16.7 Å². The smallest absolute Gasteiger partial charge is 0.164 e. The van der Waals surface area contributed by atoms with Gasteiger partial charge in [-0.05, 0) is 65.7 Å². The van der Waals surface area contributed by atoms with E-state index in [1.165, 1.54) is 0 Å². The molecular formula is C51H33N3. The predicted molar refractivity (Wildman–Crippen MR) is 225 cm³/mol. The average Bonchev–Trinajstić information content (AvgIpc) is 3.36. The molecule has 0 aliphatic heterocycles. The number of benzene rings is 9. The summed E-state index contributed by atoms with van der Waals surface area (Å²) in [5.74, 6) is -0.933. The van der Waals surface area contributed by atoms with Crippen molar-refractivity contribution in [2.24, 2.45) is 0 Å². The monoisotopic (exact) mass is 701 g/mol. The van der Waals surface area contributed by atoms with Crippen LogP contribution < -0.4 is 0 Å². The molecule has 0 spiro atoms. The maximum absolute atomic E-state index is 9.16. The lowest BCUT2D eigenvalue weighted by molar-refractivity contribution is 1.07. The van der Waals surface area contributed by atoms with Crippen LogP contribution in [0.2, 0.25) is 0 Å². The fourth-order valence-electron chi connectivity index (χ4n) is 6.96. The summed E-state index contributed by atoms with van der Waals surface area (Å²) < 4.78 is 120. The SMILES string of the molecule is [2H]c1c([2H])c([2H])c(-c2nc(-c3ccc(-c4c5ccccc5c(-c5ccccc5)c5ccc6ccccc6c45)cc3)nc(-c3c([2H])c([2H])c(-c4c([2H])c([2H])c([2H])c([2H])c4[2H])c([2H])c3[2H])n2)c([2H])c1[2H]. The maximum atomic E-state index is 9.16. The number of fused-ring (bicyclic) bond motifs is 4. The molecule has 0 atom stereocenters. The van der Waals surface area contributed by atoms with Crippen molar-refractivity contribution in [2.75, 3.05) is 0 Å². The average molecular weight is 702 g/mol. The molecule has 0 bridgehead atoms. The van der Waals surface area contributed by atoms with Gasteiger partial charge >= 0.3 is 0 Å². The lowest BCUT2D eigenvalue weighted by Crippen LogP contribution is -2.00. The number of nitrogens with zero attached hydrogens (tertiary/aromatic N) is 3. The molecule has 252 valence electrons. The van der Waals surface area contributed by atoms with Gasteiger partial charge in [-0.25, -0.2) is 15.0 Å². The lowest BCUT2D eigenvalue weighted by atomic mass is 9.84. The zero-order valence-corrected chi connectivity index (χ0v) is 28.3. The Bertz CT molecular complexity index is 3700. The molecule has 0 radical (unpaired) electrons. The largest absolute Gasteiger partial charge is 0.208 e. The van der Waals surface area contributed by atoms with Gasteiger partial charge in [0.25, 0.3) is 0 Å². The van der Waals surface area contributed by atoms with E-state index in [9.17, 15) is 0 Å². The third-order valence-corrected chi connectivity index (χ3v) is 9.37. The quantitative estimate of drug-likeness (QED) is 0.128. The Morgan fingerprint density at radius 3 is 1.43 bits per heavy atom. The summed E-state index contributed by atoms with van der Waals surface area (Å²) in [6.45, 7) is 0. The number of aromatic nitrogens is 3. The van der Waals surface area contributed by atoms with Crippen LogP contribution in [0.15, 0.2) is 200 Å². The first-order valence-corrected chi connectivity index (χ1v) is 17.1. The number of hydrogen-bond acceptors (Lipinski definition) is 3. The summed E-state index contributed by atoms with van der Waals surface area (Å²) in [6, 6.07) is 28.5. The van der Waals surface area contributed by atoms with Gasteiger partial charge in [0.1, 0.15) is 0 Å². The van der Waals surface area contributed by atoms with Gasteiger partial charge in [0.2, 0.25) is 0 Å². The molecule has 0 fully saturated rings. The zero-order valence-electron chi connectivity index (χ0n) is 42.3. The van der Waals surface area contributed by atoms with E-state index in [1.54, 1.807) is 12.1 Å². The second-order valence-corrected chi connectivity index (χ2v) is 12.5. The number of hydrogen-bond donors (Lipinski definition) is 0. The van der Waals surface area contributed by atoms with E-state index in [1.807, 2.05) is 54.6 Å². The van der Waals surface area contributed by atoms with Gasteiger partial charge in [-0.2, -0.15) is 0 Å². The highest BCUT2D eigenvalue weighted by molar-refractivity contribution is 6.27. The summed E-state index contributed by atoms with van der Waals surface area (Å²) in [4.78, 5) is 13.7. The van der Waals surface area contributed by atoms with Crippen molar-refractivity contribution >= 4 is 32.3 Å². The van der Waals surface area contributed by atoms with Crippen molar-refractivity contribution in [1.82, 2.24) is 15.0 Å². The van der Waals surface area contributed by atoms with Crippen molar-refractivity contribution < 1.29 is 19.2 Å². The molecule has 0 aliphatic carbocycles. The highest BCUT2D eigenvalue weighted by Crippen LogP contribution is 2.46. The van der Waals surface area contributed by atoms with Crippen molar-refractivity contribution in [3.05, 3.63) is 200 Å². The molecular weight excluding hydrogens is 655 g/mol. The highest BCUT2D eigenvalue weighted by Gasteiger charge is 2.19. The molecule has 0 amide bonds. The summed E-state index contributed by atoms with van der Waals surface area (Å²) in [5, 5.41) is 6.24. The Kier molecular flexibility index (Phi) is 4.99. The van der Waals surface area contributed by atoms with E-state index in [-0.39, 0.29) is 5.82 Å². The minimum atomic E-state index is -0.750. The van der Waals surface area contributed by atoms with Crippen LogP contribution in [0.3, 0.4) is 0 Å². The first-order valence-electron chi connectivity index (χ1n) is 24.1. The van der Waals surface area contributed by atoms with E-state index < -0.39 is 118 Å². The minimum absolute atomic E-state index is 0.0884. The van der Waals surface area contributed by atoms with Crippen LogP contribution in [0, 0.1) is 0 Å². The molecule has 0 aliphatic rings. The summed E-state index contributed by atoms with van der Waals surface area (Å²) in [6.07, 6.45) is 0. The molecule has 10 aromatic rings. The first kappa shape index (κ1) is 20.1. The molecule has 9 aromatic carbocycles. The van der Waals surface area contributed by atoms with E-state index in [0.717, 1.165) is 54.6 Å². The van der Waals surface area contributed by atoms with Crippen LogP contribution in [0.5, 0.6) is 0 Å². The Morgan fingerprint density at radius 2 is 0.759 bits per heavy atom. The van der Waals surface area contributed by atoms with Crippen LogP contribution in [0.4, 0.5) is 0 Å². The minimum Gasteiger partial charge on any atom is -0.208 e. The molecule has 0 saturated heterocycles. The van der Waals surface area contributed by atoms with Gasteiger partial charge in [0.15, 0.2) is 17.5 Å². The van der Waals surface area contributed by atoms with E-state index in [4.69, 9.17) is 19.2 Å². The van der Waals surface area contributed by atoms with Crippen molar-refractivity contribution in [3.63, 3.8) is 0 Å². The molecule has 1 heterocycles. The Hall–Kier alpha value is -7.23. The summed E-state index contributed by atoms with van der Waals surface area (Å²) in [5.41, 5.74) is 2.41. The standard InChI is InChI=1S/C51H33N3/c1-4-14-34(15-5-1)35-24-28-40(29-25-35)50-52-49(39-19-8-3-9-20-39)53-51(54-50)41-30-26-38(27-31-41)47-44-23-13-12-22-43(44)46(37-17-6-2-7-18-37)45-33-32-36-16-10-11-21-42(36)48(45)47/h1-33H/i1D,3D,4D,5D,8D,9D,14D,15D,19D,20D,24D,25D,28D,29D. The third kappa shape index (κ3) is 5.60. The second kappa shape index (κ2) is 13.4. The van der Waals surface area contributed by atoms with Crippen LogP contribution in [0.25, 0.3) is 99.9 Å². The Labute approximate surface area is 333 Å². The van der Waals surface area contributed by atoms with Crippen molar-refractivity contribution in [3.8, 4) is 67.5 Å². The topological polar surface area (TPSA) is 38.7 Å². The Morgan fingerprint density at radius 1 is 0.296 bits per heavy atom. The first-order chi connectivity index (χ1) is 32.6. The van der Waals surface area contributed by atoms with Gasteiger partial charge in [0.05, 0.1) is 19.2 Å². The normalized spacial score (nSPS) is 15.0. The van der Waals surface area contributed by atoms with Crippen LogP contribution in [-0.2, 0) is 0 Å². The Balaban J connectivity index is 1.21. The van der Waals surface area contributed by atoms with Crippen LogP contribution in [0.1, 0.15) is 19.2 Å². The second-order valence-electron chi connectivity index (χ2n) is 12.5. The van der Waals surface area contributed by atoms with E-state index in [2.05, 4.69) is 63.5 Å². The molecule has 0 N–H and O–H groups in total. The van der Waals surface area contributed by atoms with Crippen LogP contribution >= 0.6 is 0 Å². The molecule has 1 aromatic heterocycles. The molecule has 10 rings (SSSR count). The maximum Gasteiger partial charge on any atom is 0.164 e. The van der Waals surface area contributed by atoms with Crippen molar-refractivity contribution in [1.29, 1.82) is 0 Å². The molecule has 0 unspecified atom stereocenters. The van der Waals surface area contributed by atoms with E-state index in [0.29, 0.717) is 5.56 Å². The lowest BCUT2D eigenvalue weighted by Gasteiger charge is -2.19. The zero-order chi connectivity index (χ0) is 48.0. The highest BCUT2D eigenvalue weighted by atomic mass is 15.0. The van der Waals surface area contributed by atoms with Gasteiger partial charge in [-0.1, -0.05) is 200 Å². The summed E-state index contributed by atoms with van der Waals surface area (Å²) in [7, 11) is 0. The number of rotatable bonds is 6. The van der Waals surface area contributed by atoms with Crippen LogP contribution in [-0.4, -0.2) is 15.0 Å². The summed E-state index contributed by atoms with van der Waals surface area (Å²) >= 11 is 0. The third-order valence-electron chi connectivity index (χ3n) is 9.37. The predicted octanol–water partition coefficient (Wildman–Crippen LogP) is 13.3. The fourth-order valence-corrected chi connectivity index (χ4v) is 6.96. The fraction of sp³-hybridized carbons (Fsp3) is 0. The van der Waals surface area contributed by atoms with Gasteiger partial charge < -0.3 is 0 Å². The van der Waals surface area contributed by atoms with Crippen molar-refractivity contribution in [2.45, 2.75) is 0 Å². The molecule has 54 heavy (non-hydrogen) atoms. The van der Waals surface area contributed by atoms with Gasteiger partial charge in [-0.15, -0.1) is 0 Å². The molecule has 3 nitrogen and oxygen atoms in total. The molecule has 0 saturated carbocycles. The molecule has 3 heteroatoms.